The highest BCUT2D eigenvalue weighted by Crippen LogP contribution is 2.38. The predicted octanol–water partition coefficient (Wildman–Crippen LogP) is 6.82. The zero-order chi connectivity index (χ0) is 56.4. The van der Waals surface area contributed by atoms with Gasteiger partial charge in [0.15, 0.2) is 5.78 Å². The molecular formula is C60H96N2O15. The maximum Gasteiger partial charge on any atom is 0.329 e. The molecule has 5 aliphatic rings. The van der Waals surface area contributed by atoms with Crippen LogP contribution in [0.25, 0.3) is 0 Å². The Bertz CT molecular complexity index is 2060. The number of methoxy groups -OCH3 is 3. The third kappa shape index (κ3) is 18.5. The smallest absolute Gasteiger partial charge is 0.329 e. The maximum absolute atomic E-state index is 14.6. The lowest BCUT2D eigenvalue weighted by molar-refractivity contribution is -0.266. The Morgan fingerprint density at radius 3 is 2.26 bits per heavy atom. The molecule has 2 unspecified atom stereocenters. The fraction of sp³-hybridized carbons (Fsp3) is 0.783. The third-order valence-corrected chi connectivity index (χ3v) is 16.9. The molecule has 5 rings (SSSR count). The quantitative estimate of drug-likeness (QED) is 0.0704. The van der Waals surface area contributed by atoms with Crippen molar-refractivity contribution in [2.45, 2.75) is 205 Å². The number of Topliss-reactive ketones (excluding diaryl/α,β-unsaturated/α-hetero) is 3. The van der Waals surface area contributed by atoms with Crippen LogP contribution in [0.3, 0.4) is 0 Å². The first-order chi connectivity index (χ1) is 36.7. The summed E-state index contributed by atoms with van der Waals surface area (Å²) >= 11 is 0. The zero-order valence-electron chi connectivity index (χ0n) is 48.2. The van der Waals surface area contributed by atoms with E-state index in [-0.39, 0.29) is 74.1 Å². The molecule has 0 spiro atoms. The fourth-order valence-electron chi connectivity index (χ4n) is 12.0. The lowest BCUT2D eigenvalue weighted by Gasteiger charge is -2.43. The Hall–Kier alpha value is -3.49. The van der Waals surface area contributed by atoms with E-state index in [0.29, 0.717) is 70.3 Å². The van der Waals surface area contributed by atoms with Crippen LogP contribution in [0.4, 0.5) is 0 Å². The number of fused-ring (bicyclic) bond motifs is 3. The summed E-state index contributed by atoms with van der Waals surface area (Å²) in [7, 11) is 4.65. The number of piperidine rings is 2. The molecule has 17 heteroatoms. The summed E-state index contributed by atoms with van der Waals surface area (Å²) in [6.07, 6.45) is 12.4. The Morgan fingerprint density at radius 2 is 1.55 bits per heavy atom. The second-order valence-electron chi connectivity index (χ2n) is 23.1. The van der Waals surface area contributed by atoms with Crippen molar-refractivity contribution in [3.05, 3.63) is 47.1 Å². The summed E-state index contributed by atoms with van der Waals surface area (Å²) in [5, 5.41) is 33.8. The molecule has 436 valence electrons. The monoisotopic (exact) mass is 1080 g/mol. The highest BCUT2D eigenvalue weighted by atomic mass is 16.6. The van der Waals surface area contributed by atoms with Crippen LogP contribution in [0.5, 0.6) is 0 Å². The predicted molar refractivity (Wildman–Crippen MR) is 291 cm³/mol. The number of ether oxygens (including phenoxy) is 7. The minimum atomic E-state index is -2.46. The molecule has 4 fully saturated rings. The lowest BCUT2D eigenvalue weighted by Crippen LogP contribution is -2.61. The van der Waals surface area contributed by atoms with E-state index in [1.54, 1.807) is 48.0 Å². The molecule has 1 saturated carbocycles. The van der Waals surface area contributed by atoms with Crippen LogP contribution >= 0.6 is 0 Å². The van der Waals surface area contributed by atoms with Crippen molar-refractivity contribution >= 4 is 29.2 Å². The van der Waals surface area contributed by atoms with E-state index >= 15 is 0 Å². The fourth-order valence-corrected chi connectivity index (χ4v) is 12.0. The van der Waals surface area contributed by atoms with Gasteiger partial charge in [-0.3, -0.25) is 19.2 Å². The standard InChI is InChI=1S/C60H96N2O15/c1-38-17-11-12-18-39(2)51(75-30-29-71-8)35-47-23-21-44(7)60(70,77-47)57(67)58(68)62-27-14-13-20-48(62)59(69)76-52(36-49(64)40(3)32-43(6)55(66)56(73-10)54(65)42(5)31-38)41(4)33-45-22-24-50(53(34-45)72-9)74-28-16-26-61-25-15-19-46(63)37-61/h11-12,17-18,32,40-42,44-48,50-53,55-56,63,66,70H,13-16,19-31,33-37H2,1-10H3/b12-11+,38-17-,39-18+,43-32+/t40-,41-,42-,44-,45+,46+,47+,48?,50-,51?,52+,53-,55-,56+,60-/m1/s1. The van der Waals surface area contributed by atoms with Gasteiger partial charge in [0.2, 0.25) is 5.79 Å². The Labute approximate surface area is 459 Å². The number of nitrogens with zero attached hydrogens (tertiary/aromatic N) is 2. The van der Waals surface area contributed by atoms with Gasteiger partial charge in [0, 0.05) is 78.2 Å². The molecule has 0 aromatic rings. The third-order valence-electron chi connectivity index (χ3n) is 16.9. The Balaban J connectivity index is 1.42. The van der Waals surface area contributed by atoms with E-state index in [0.717, 1.165) is 56.3 Å². The number of ketones is 3. The molecule has 3 N–H and O–H groups in total. The van der Waals surface area contributed by atoms with Gasteiger partial charge < -0.3 is 58.3 Å². The van der Waals surface area contributed by atoms with E-state index < -0.39 is 77.8 Å². The number of likely N-dealkylation sites (tertiary alicyclic amines) is 1. The van der Waals surface area contributed by atoms with E-state index in [4.69, 9.17) is 33.2 Å². The van der Waals surface area contributed by atoms with Crippen molar-refractivity contribution in [1.82, 2.24) is 9.80 Å². The summed E-state index contributed by atoms with van der Waals surface area (Å²) in [5.41, 5.74) is 2.15. The molecular weight excluding hydrogens is 989 g/mol. The first-order valence-corrected chi connectivity index (χ1v) is 28.8. The Morgan fingerprint density at radius 1 is 0.792 bits per heavy atom. The normalized spacial score (nSPS) is 37.7. The molecule has 0 radical (unpaired) electrons. The molecule has 4 heterocycles. The molecule has 77 heavy (non-hydrogen) atoms. The van der Waals surface area contributed by atoms with E-state index in [1.807, 2.05) is 45.1 Å². The number of cyclic esters (lactones) is 1. The largest absolute Gasteiger partial charge is 0.460 e. The topological polar surface area (TPSA) is 217 Å². The van der Waals surface area contributed by atoms with Crippen molar-refractivity contribution in [2.24, 2.45) is 29.6 Å². The number of β-amino-alcohol motifs (C(OH)–C–C–N with tert-alkyl or cyclic N) is 1. The summed E-state index contributed by atoms with van der Waals surface area (Å²) in [6, 6.07) is -1.15. The number of carbonyl (C=O) groups is 5. The molecule has 4 aliphatic heterocycles. The molecule has 15 atom stereocenters. The van der Waals surface area contributed by atoms with Gasteiger partial charge in [0.1, 0.15) is 30.1 Å². The zero-order valence-corrected chi connectivity index (χ0v) is 48.2. The summed E-state index contributed by atoms with van der Waals surface area (Å²) < 4.78 is 42.2. The van der Waals surface area contributed by atoms with Crippen LogP contribution in [0, 0.1) is 29.6 Å². The number of carbonyl (C=O) groups excluding carboxylic acids is 5. The van der Waals surface area contributed by atoms with Gasteiger partial charge >= 0.3 is 5.97 Å². The van der Waals surface area contributed by atoms with Crippen molar-refractivity contribution < 1.29 is 72.5 Å². The van der Waals surface area contributed by atoms with Crippen molar-refractivity contribution in [1.29, 1.82) is 0 Å². The highest BCUT2D eigenvalue weighted by Gasteiger charge is 2.53. The van der Waals surface area contributed by atoms with Crippen LogP contribution < -0.4 is 0 Å². The number of aliphatic hydroxyl groups is 3. The number of hydrogen-bond acceptors (Lipinski definition) is 16. The lowest BCUT2D eigenvalue weighted by atomic mass is 9.78. The number of allylic oxidation sites excluding steroid dienone is 6. The molecule has 17 nitrogen and oxygen atoms in total. The number of rotatable bonds is 14. The van der Waals surface area contributed by atoms with Crippen LogP contribution in [-0.4, -0.2) is 182 Å². The maximum atomic E-state index is 14.6. The number of amides is 1. The van der Waals surface area contributed by atoms with Gasteiger partial charge in [0.05, 0.1) is 43.7 Å². The molecule has 1 aliphatic carbocycles. The van der Waals surface area contributed by atoms with Crippen LogP contribution in [0.1, 0.15) is 145 Å². The summed E-state index contributed by atoms with van der Waals surface area (Å²) in [6.45, 7) is 16.5. The van der Waals surface area contributed by atoms with Gasteiger partial charge in [-0.1, -0.05) is 63.6 Å². The van der Waals surface area contributed by atoms with Gasteiger partial charge in [0.25, 0.3) is 11.7 Å². The van der Waals surface area contributed by atoms with E-state index in [1.165, 1.54) is 12.0 Å². The minimum absolute atomic E-state index is 0.0806. The van der Waals surface area contributed by atoms with Gasteiger partial charge in [-0.25, -0.2) is 4.79 Å². The van der Waals surface area contributed by atoms with Crippen molar-refractivity contribution in [3.63, 3.8) is 0 Å². The molecule has 2 bridgehead atoms. The molecule has 3 saturated heterocycles. The minimum Gasteiger partial charge on any atom is -0.460 e. The average molecular weight is 1090 g/mol. The van der Waals surface area contributed by atoms with Crippen LogP contribution in [-0.2, 0) is 57.1 Å². The molecule has 0 aromatic carbocycles. The Kier molecular flexibility index (Phi) is 26.3. The van der Waals surface area contributed by atoms with Crippen LogP contribution in [0.2, 0.25) is 0 Å². The first kappa shape index (κ1) is 64.3. The first-order valence-electron chi connectivity index (χ1n) is 28.8. The highest BCUT2D eigenvalue weighted by molar-refractivity contribution is 6.39. The average Bonchev–Trinajstić information content (AvgIpc) is 3.41. The number of hydrogen-bond donors (Lipinski definition) is 3. The second-order valence-corrected chi connectivity index (χ2v) is 23.1. The molecule has 0 aromatic heterocycles. The van der Waals surface area contributed by atoms with Gasteiger partial charge in [-0.2, -0.15) is 0 Å². The second kappa shape index (κ2) is 31.5. The van der Waals surface area contributed by atoms with Crippen molar-refractivity contribution in [3.8, 4) is 0 Å². The van der Waals surface area contributed by atoms with E-state index in [2.05, 4.69) is 4.90 Å². The SMILES string of the molecule is COCCOC1C[C@@H]2CC[C@@H](C)[C@@](O)(O2)C(=O)C(=O)N2CCCCC2C(=O)O[C@H]([C@H](C)C[C@@H]2CC[C@@H](OCCCN3CCC[C@H](O)C3)[C@H](OC)C2)CC(=O)[C@H](C)/C=C(\C)[C@@H](O)[C@@H](OC)C(=O)[C@H](C)C\C(C)=C/C=C/C=C/1C. The summed E-state index contributed by atoms with van der Waals surface area (Å²) in [4.78, 5) is 75.3. The summed E-state index contributed by atoms with van der Waals surface area (Å²) in [5.74, 6) is -8.08. The van der Waals surface area contributed by atoms with E-state index in [9.17, 15) is 39.3 Å². The number of aliphatic hydroxyl groups excluding tert-OH is 2. The van der Waals surface area contributed by atoms with Crippen LogP contribution in [0.15, 0.2) is 47.1 Å². The van der Waals surface area contributed by atoms with Gasteiger partial charge in [-0.15, -0.1) is 0 Å². The molecule has 1 amide bonds. The van der Waals surface area contributed by atoms with Gasteiger partial charge in [-0.05, 0) is 134 Å². The van der Waals surface area contributed by atoms with Crippen molar-refractivity contribution in [2.75, 3.05) is 67.3 Å². The number of esters is 1.